The average Bonchev–Trinajstić information content (AvgIpc) is 3.00. The summed E-state index contributed by atoms with van der Waals surface area (Å²) in [5.74, 6) is 0.643. The molecule has 1 heterocycles. The molecule has 1 aromatic carbocycles. The monoisotopic (exact) mass is 229 g/mol. The highest BCUT2D eigenvalue weighted by atomic mass is 16.3. The second-order valence-electron chi connectivity index (χ2n) is 4.68. The fourth-order valence-electron chi connectivity index (χ4n) is 2.05. The van der Waals surface area contributed by atoms with Gasteiger partial charge in [-0.2, -0.15) is 5.10 Å². The summed E-state index contributed by atoms with van der Waals surface area (Å²) in [7, 11) is 1.82. The van der Waals surface area contributed by atoms with Gasteiger partial charge in [-0.3, -0.25) is 4.68 Å². The normalized spacial score (nSPS) is 17.1. The molecule has 3 rings (SSSR count). The van der Waals surface area contributed by atoms with Crippen LogP contribution in [0.2, 0.25) is 0 Å². The second kappa shape index (κ2) is 3.34. The van der Waals surface area contributed by atoms with E-state index in [0.717, 1.165) is 29.5 Å². The lowest BCUT2D eigenvalue weighted by molar-refractivity contribution is 0.151. The van der Waals surface area contributed by atoms with E-state index in [1.165, 1.54) is 0 Å². The van der Waals surface area contributed by atoms with Gasteiger partial charge in [0.15, 0.2) is 0 Å². The first-order valence-corrected chi connectivity index (χ1v) is 5.71. The Morgan fingerprint density at radius 3 is 2.76 bits per heavy atom. The minimum Gasteiger partial charge on any atom is -0.385 e. The Balaban J connectivity index is 2.07. The summed E-state index contributed by atoms with van der Waals surface area (Å²) in [6.07, 6.45) is 3.45. The summed E-state index contributed by atoms with van der Waals surface area (Å²) in [4.78, 5) is 0. The van der Waals surface area contributed by atoms with Crippen LogP contribution in [0.15, 0.2) is 30.5 Å². The number of nitrogens with two attached hydrogens (primary N) is 1. The van der Waals surface area contributed by atoms with E-state index in [9.17, 15) is 5.11 Å². The van der Waals surface area contributed by atoms with Crippen LogP contribution in [0.25, 0.3) is 11.1 Å². The second-order valence-corrected chi connectivity index (χ2v) is 4.68. The number of nitrogens with zero attached hydrogens (tertiary/aromatic N) is 2. The number of nitrogen functional groups attached to an aromatic ring is 1. The van der Waals surface area contributed by atoms with Gasteiger partial charge in [0.25, 0.3) is 0 Å². The van der Waals surface area contributed by atoms with Crippen LogP contribution in [0.3, 0.4) is 0 Å². The molecule has 1 fully saturated rings. The summed E-state index contributed by atoms with van der Waals surface area (Å²) < 4.78 is 1.65. The maximum Gasteiger partial charge on any atom is 0.129 e. The maximum absolute atomic E-state index is 10.1. The number of aliphatic hydroxyl groups is 1. The number of hydrogen-bond acceptors (Lipinski definition) is 3. The van der Waals surface area contributed by atoms with E-state index in [0.29, 0.717) is 5.82 Å². The molecule has 1 aliphatic rings. The molecule has 0 aliphatic heterocycles. The zero-order valence-corrected chi connectivity index (χ0v) is 9.72. The number of aryl methyl sites for hydroxylation is 1. The molecule has 0 amide bonds. The molecule has 4 nitrogen and oxygen atoms in total. The molecule has 3 N–H and O–H groups in total. The van der Waals surface area contributed by atoms with E-state index >= 15 is 0 Å². The highest BCUT2D eigenvalue weighted by molar-refractivity contribution is 5.74. The molecule has 1 aromatic heterocycles. The van der Waals surface area contributed by atoms with Crippen molar-refractivity contribution in [3.63, 3.8) is 0 Å². The van der Waals surface area contributed by atoms with Crippen molar-refractivity contribution < 1.29 is 5.11 Å². The van der Waals surface area contributed by atoms with Crippen molar-refractivity contribution >= 4 is 5.82 Å². The van der Waals surface area contributed by atoms with Gasteiger partial charge in [-0.05, 0) is 30.0 Å². The Hall–Kier alpha value is -1.81. The van der Waals surface area contributed by atoms with Crippen molar-refractivity contribution in [3.8, 4) is 11.1 Å². The lowest BCUT2D eigenvalue weighted by Crippen LogP contribution is -2.04. The quantitative estimate of drug-likeness (QED) is 0.823. The van der Waals surface area contributed by atoms with Crippen molar-refractivity contribution in [2.75, 3.05) is 5.73 Å². The SMILES string of the molecule is Cn1ncc(-c2cccc(C3(O)CC3)c2)c1N. The molecule has 88 valence electrons. The van der Waals surface area contributed by atoms with Gasteiger partial charge in [0.1, 0.15) is 5.82 Å². The van der Waals surface area contributed by atoms with Gasteiger partial charge in [-0.15, -0.1) is 0 Å². The first-order chi connectivity index (χ1) is 8.10. The molecular weight excluding hydrogens is 214 g/mol. The molecule has 2 aromatic rings. The third-order valence-corrected chi connectivity index (χ3v) is 3.42. The average molecular weight is 229 g/mol. The van der Waals surface area contributed by atoms with Gasteiger partial charge in [0.2, 0.25) is 0 Å². The van der Waals surface area contributed by atoms with Crippen LogP contribution in [0.4, 0.5) is 5.82 Å². The Bertz CT molecular complexity index is 570. The lowest BCUT2D eigenvalue weighted by Gasteiger charge is -2.09. The molecule has 0 atom stereocenters. The van der Waals surface area contributed by atoms with Crippen LogP contribution >= 0.6 is 0 Å². The van der Waals surface area contributed by atoms with E-state index < -0.39 is 5.60 Å². The third kappa shape index (κ3) is 1.61. The lowest BCUT2D eigenvalue weighted by atomic mass is 10.0. The van der Waals surface area contributed by atoms with Crippen molar-refractivity contribution in [1.29, 1.82) is 0 Å². The number of aromatic nitrogens is 2. The molecule has 17 heavy (non-hydrogen) atoms. The van der Waals surface area contributed by atoms with Gasteiger partial charge < -0.3 is 10.8 Å². The molecular formula is C13H15N3O. The number of anilines is 1. The van der Waals surface area contributed by atoms with Crippen molar-refractivity contribution in [1.82, 2.24) is 9.78 Å². The number of benzene rings is 1. The van der Waals surface area contributed by atoms with Crippen molar-refractivity contribution in [3.05, 3.63) is 36.0 Å². The van der Waals surface area contributed by atoms with Crippen LogP contribution in [-0.4, -0.2) is 14.9 Å². The number of hydrogen-bond donors (Lipinski definition) is 2. The molecule has 0 radical (unpaired) electrons. The van der Waals surface area contributed by atoms with Crippen LogP contribution in [-0.2, 0) is 12.6 Å². The van der Waals surface area contributed by atoms with Crippen molar-refractivity contribution in [2.24, 2.45) is 7.05 Å². The summed E-state index contributed by atoms with van der Waals surface area (Å²) in [5, 5.41) is 14.2. The zero-order valence-electron chi connectivity index (χ0n) is 9.72. The van der Waals surface area contributed by atoms with Gasteiger partial charge in [-0.25, -0.2) is 0 Å². The summed E-state index contributed by atoms with van der Waals surface area (Å²) in [6.45, 7) is 0. The Morgan fingerprint density at radius 1 is 1.41 bits per heavy atom. The zero-order chi connectivity index (χ0) is 12.0. The largest absolute Gasteiger partial charge is 0.385 e. The first kappa shape index (κ1) is 10.4. The molecule has 0 saturated heterocycles. The van der Waals surface area contributed by atoms with Gasteiger partial charge >= 0.3 is 0 Å². The minimum absolute atomic E-state index is 0.604. The Labute approximate surface area is 99.7 Å². The summed E-state index contributed by atoms with van der Waals surface area (Å²) >= 11 is 0. The summed E-state index contributed by atoms with van der Waals surface area (Å²) in [5.41, 5.74) is 8.24. The molecule has 4 heteroatoms. The van der Waals surface area contributed by atoms with E-state index in [2.05, 4.69) is 5.10 Å². The Kier molecular flexibility index (Phi) is 2.03. The highest BCUT2D eigenvalue weighted by Gasteiger charge is 2.42. The van der Waals surface area contributed by atoms with Gasteiger partial charge in [-0.1, -0.05) is 18.2 Å². The summed E-state index contributed by atoms with van der Waals surface area (Å²) in [6, 6.07) is 7.90. The first-order valence-electron chi connectivity index (χ1n) is 5.71. The predicted molar refractivity (Wildman–Crippen MR) is 66.2 cm³/mol. The van der Waals surface area contributed by atoms with E-state index in [1.54, 1.807) is 10.9 Å². The van der Waals surface area contributed by atoms with Crippen LogP contribution in [0.5, 0.6) is 0 Å². The van der Waals surface area contributed by atoms with E-state index in [1.807, 2.05) is 31.3 Å². The predicted octanol–water partition coefficient (Wildman–Crippen LogP) is 1.65. The molecule has 0 unspecified atom stereocenters. The van der Waals surface area contributed by atoms with Crippen LogP contribution in [0, 0.1) is 0 Å². The fourth-order valence-corrected chi connectivity index (χ4v) is 2.05. The highest BCUT2D eigenvalue weighted by Crippen LogP contribution is 2.46. The molecule has 0 bridgehead atoms. The Morgan fingerprint density at radius 2 is 2.18 bits per heavy atom. The van der Waals surface area contributed by atoms with Crippen molar-refractivity contribution in [2.45, 2.75) is 18.4 Å². The standard InChI is InChI=1S/C13H15N3O/c1-16-12(14)11(8-15-16)9-3-2-4-10(7-9)13(17)5-6-13/h2-4,7-8,17H,5-6,14H2,1H3. The fraction of sp³-hybridized carbons (Fsp3) is 0.308. The van der Waals surface area contributed by atoms with E-state index in [4.69, 9.17) is 5.73 Å². The van der Waals surface area contributed by atoms with Crippen LogP contribution < -0.4 is 5.73 Å². The molecule has 1 aliphatic carbocycles. The maximum atomic E-state index is 10.1. The van der Waals surface area contributed by atoms with Crippen LogP contribution in [0.1, 0.15) is 18.4 Å². The minimum atomic E-state index is -0.604. The third-order valence-electron chi connectivity index (χ3n) is 3.42. The van der Waals surface area contributed by atoms with Gasteiger partial charge in [0, 0.05) is 12.6 Å². The molecule has 1 saturated carbocycles. The topological polar surface area (TPSA) is 64.1 Å². The number of rotatable bonds is 2. The van der Waals surface area contributed by atoms with E-state index in [-0.39, 0.29) is 0 Å². The smallest absolute Gasteiger partial charge is 0.129 e. The van der Waals surface area contributed by atoms with Gasteiger partial charge in [0.05, 0.1) is 11.8 Å². The molecule has 0 spiro atoms.